The van der Waals surface area contributed by atoms with Crippen molar-refractivity contribution in [2.75, 3.05) is 26.2 Å². The maximum atomic E-state index is 6.27. The van der Waals surface area contributed by atoms with Gasteiger partial charge in [-0.05, 0) is 25.2 Å². The smallest absolute Gasteiger partial charge is 0.162 e. The minimum Gasteiger partial charge on any atom is -0.349 e. The molecule has 3 nitrogen and oxygen atoms in total. The minimum absolute atomic E-state index is 0.0244. The molecule has 2 fully saturated rings. The molecule has 0 aromatic heterocycles. The van der Waals surface area contributed by atoms with Crippen molar-refractivity contribution in [1.29, 1.82) is 0 Å². The fraction of sp³-hybridized carbons (Fsp3) is 0.882. The van der Waals surface area contributed by atoms with E-state index < -0.39 is 0 Å². The van der Waals surface area contributed by atoms with Gasteiger partial charge in [-0.1, -0.05) is 25.5 Å². The number of likely N-dealkylation sites (tertiary alicyclic amines) is 1. The Morgan fingerprint density at radius 2 is 2.00 bits per heavy atom. The van der Waals surface area contributed by atoms with Gasteiger partial charge in [-0.3, -0.25) is 0 Å². The van der Waals surface area contributed by atoms with Gasteiger partial charge in [-0.2, -0.15) is 0 Å². The Hall–Kier alpha value is -0.380. The van der Waals surface area contributed by atoms with E-state index in [2.05, 4.69) is 26.8 Å². The molecule has 0 bridgehead atoms. The van der Waals surface area contributed by atoms with Crippen molar-refractivity contribution in [3.63, 3.8) is 0 Å². The predicted octanol–water partition coefficient (Wildman–Crippen LogP) is 1.64. The fourth-order valence-electron chi connectivity index (χ4n) is 4.49. The van der Waals surface area contributed by atoms with Crippen LogP contribution in [0.1, 0.15) is 40.0 Å². The molecule has 0 aromatic carbocycles. The third-order valence-electron chi connectivity index (χ3n) is 5.37. The molecule has 114 valence electrons. The minimum atomic E-state index is 0.0244. The van der Waals surface area contributed by atoms with Crippen LogP contribution in [-0.2, 0) is 9.47 Å². The van der Waals surface area contributed by atoms with E-state index in [0.29, 0.717) is 23.9 Å². The number of allylic oxidation sites excluding steroid dienone is 2. The average Bonchev–Trinajstić information content (AvgIpc) is 3.00. The van der Waals surface area contributed by atoms with Crippen LogP contribution < -0.4 is 4.90 Å². The lowest BCUT2D eigenvalue weighted by atomic mass is 9.74. The van der Waals surface area contributed by atoms with Crippen molar-refractivity contribution in [3.8, 4) is 0 Å². The Bertz CT molecular complexity index is 362. The summed E-state index contributed by atoms with van der Waals surface area (Å²) >= 11 is 0. The van der Waals surface area contributed by atoms with Crippen molar-refractivity contribution in [2.45, 2.75) is 52.4 Å². The third kappa shape index (κ3) is 3.10. The van der Waals surface area contributed by atoms with E-state index in [9.17, 15) is 0 Å². The van der Waals surface area contributed by atoms with Gasteiger partial charge >= 0.3 is 0 Å². The summed E-state index contributed by atoms with van der Waals surface area (Å²) in [7, 11) is 0. The first-order valence-corrected chi connectivity index (χ1v) is 8.41. The topological polar surface area (TPSA) is 22.9 Å². The van der Waals surface area contributed by atoms with E-state index in [4.69, 9.17) is 9.47 Å². The zero-order chi connectivity index (χ0) is 14.1. The summed E-state index contributed by atoms with van der Waals surface area (Å²) in [6.45, 7) is 11.5. The first-order chi connectivity index (χ1) is 9.63. The third-order valence-corrected chi connectivity index (χ3v) is 5.37. The van der Waals surface area contributed by atoms with Crippen molar-refractivity contribution < 1.29 is 14.4 Å². The molecule has 3 rings (SSSR count). The van der Waals surface area contributed by atoms with E-state index in [1.807, 2.05) is 0 Å². The lowest BCUT2D eigenvalue weighted by Crippen LogP contribution is -3.11. The summed E-state index contributed by atoms with van der Waals surface area (Å²) in [5.74, 6) is 1.76. The average molecular weight is 280 g/mol. The molecule has 2 heterocycles. The maximum Gasteiger partial charge on any atom is 0.162 e. The van der Waals surface area contributed by atoms with Gasteiger partial charge in [0, 0.05) is 18.8 Å². The van der Waals surface area contributed by atoms with Gasteiger partial charge in [0.15, 0.2) is 6.29 Å². The molecular weight excluding hydrogens is 250 g/mol. The summed E-state index contributed by atoms with van der Waals surface area (Å²) in [6, 6.07) is 0. The number of hydrogen-bond acceptors (Lipinski definition) is 2. The van der Waals surface area contributed by atoms with Gasteiger partial charge in [-0.15, -0.1) is 0 Å². The second kappa shape index (κ2) is 6.17. The highest BCUT2D eigenvalue weighted by atomic mass is 16.7. The molecule has 1 aliphatic carbocycles. The van der Waals surface area contributed by atoms with Crippen molar-refractivity contribution in [2.24, 2.45) is 17.8 Å². The van der Waals surface area contributed by atoms with Crippen LogP contribution in [0.3, 0.4) is 0 Å². The van der Waals surface area contributed by atoms with Crippen molar-refractivity contribution in [1.82, 2.24) is 0 Å². The molecule has 0 radical (unpaired) electrons. The molecule has 3 heteroatoms. The first kappa shape index (κ1) is 14.6. The Labute approximate surface area is 123 Å². The molecule has 1 N–H and O–H groups in total. The number of rotatable bonds is 3. The van der Waals surface area contributed by atoms with Crippen LogP contribution in [0.4, 0.5) is 0 Å². The largest absolute Gasteiger partial charge is 0.349 e. The number of nitrogens with one attached hydrogen (secondary N) is 1. The van der Waals surface area contributed by atoms with Crippen LogP contribution in [0.5, 0.6) is 0 Å². The zero-order valence-corrected chi connectivity index (χ0v) is 13.2. The molecule has 0 aromatic rings. The predicted molar refractivity (Wildman–Crippen MR) is 79.6 cm³/mol. The van der Waals surface area contributed by atoms with E-state index in [-0.39, 0.29) is 6.29 Å². The molecular formula is C17H30NO2+. The second-order valence-corrected chi connectivity index (χ2v) is 7.25. The first-order valence-electron chi connectivity index (χ1n) is 8.41. The fourth-order valence-corrected chi connectivity index (χ4v) is 4.49. The molecule has 3 aliphatic rings. The summed E-state index contributed by atoms with van der Waals surface area (Å²) in [5.41, 5.74) is 1.53. The molecule has 2 aliphatic heterocycles. The lowest BCUT2D eigenvalue weighted by molar-refractivity contribution is -0.890. The van der Waals surface area contributed by atoms with Crippen LogP contribution in [-0.4, -0.2) is 38.6 Å². The van der Waals surface area contributed by atoms with Gasteiger partial charge < -0.3 is 14.4 Å². The van der Waals surface area contributed by atoms with Crippen molar-refractivity contribution >= 4 is 0 Å². The van der Waals surface area contributed by atoms with Gasteiger partial charge in [0.05, 0.1) is 19.7 Å². The van der Waals surface area contributed by atoms with Gasteiger partial charge in [0.1, 0.15) is 12.6 Å². The van der Waals surface area contributed by atoms with E-state index in [1.54, 1.807) is 4.90 Å². The van der Waals surface area contributed by atoms with Crippen LogP contribution in [0.15, 0.2) is 11.6 Å². The molecule has 0 amide bonds. The van der Waals surface area contributed by atoms with E-state index in [0.717, 1.165) is 13.2 Å². The van der Waals surface area contributed by atoms with Gasteiger partial charge in [0.25, 0.3) is 0 Å². The van der Waals surface area contributed by atoms with Crippen LogP contribution in [0.25, 0.3) is 0 Å². The Morgan fingerprint density at radius 1 is 1.25 bits per heavy atom. The normalized spacial score (nSPS) is 43.0. The summed E-state index contributed by atoms with van der Waals surface area (Å²) in [6.07, 6.45) is 6.72. The second-order valence-electron chi connectivity index (χ2n) is 7.25. The standard InChI is InChI=1S/C17H29NO2/c1-12-8-13(2)16(14(3)9-12)17-19-11-15(20-17)10-18-6-4-5-7-18/h8,13-17H,4-7,9-11H2,1-3H3/p+1/t13-,14-,15-,16-,17+/m0/s1. The van der Waals surface area contributed by atoms with E-state index >= 15 is 0 Å². The molecule has 0 unspecified atom stereocenters. The Kier molecular flexibility index (Phi) is 4.49. The maximum absolute atomic E-state index is 6.27. The Morgan fingerprint density at radius 3 is 2.70 bits per heavy atom. The lowest BCUT2D eigenvalue weighted by Gasteiger charge is -2.36. The SMILES string of the molecule is CC1=C[C@H](C)[C@H]([C@@H]2OC[C@H](C[NH+]3CCCC3)O2)[C@@H](C)C1. The van der Waals surface area contributed by atoms with Gasteiger partial charge in [0.2, 0.25) is 0 Å². The summed E-state index contributed by atoms with van der Waals surface area (Å²) < 4.78 is 12.3. The highest BCUT2D eigenvalue weighted by Crippen LogP contribution is 2.38. The van der Waals surface area contributed by atoms with Crippen LogP contribution >= 0.6 is 0 Å². The van der Waals surface area contributed by atoms with Crippen LogP contribution in [0.2, 0.25) is 0 Å². The molecule has 2 saturated heterocycles. The quantitative estimate of drug-likeness (QED) is 0.794. The number of ether oxygens (including phenoxy) is 2. The van der Waals surface area contributed by atoms with Gasteiger partial charge in [-0.25, -0.2) is 0 Å². The van der Waals surface area contributed by atoms with E-state index in [1.165, 1.54) is 37.9 Å². The highest BCUT2D eigenvalue weighted by molar-refractivity contribution is 5.09. The summed E-state index contributed by atoms with van der Waals surface area (Å²) in [4.78, 5) is 1.71. The molecule has 0 spiro atoms. The van der Waals surface area contributed by atoms with Crippen molar-refractivity contribution in [3.05, 3.63) is 11.6 Å². The Balaban J connectivity index is 1.56. The highest BCUT2D eigenvalue weighted by Gasteiger charge is 2.40. The monoisotopic (exact) mass is 280 g/mol. The molecule has 5 atom stereocenters. The molecule has 0 saturated carbocycles. The zero-order valence-electron chi connectivity index (χ0n) is 13.2. The molecule has 20 heavy (non-hydrogen) atoms. The number of hydrogen-bond donors (Lipinski definition) is 1. The summed E-state index contributed by atoms with van der Waals surface area (Å²) in [5, 5.41) is 0. The van der Waals surface area contributed by atoms with Crippen LogP contribution in [0, 0.1) is 17.8 Å². The number of quaternary nitrogens is 1.